The van der Waals surface area contributed by atoms with E-state index < -0.39 is 5.82 Å². The molecule has 1 N–H and O–H groups in total. The number of nitrogens with zero attached hydrogens (tertiary/aromatic N) is 6. The van der Waals surface area contributed by atoms with Crippen molar-refractivity contribution >= 4 is 45.7 Å². The molecule has 230 valence electrons. The van der Waals surface area contributed by atoms with Crippen LogP contribution in [0.15, 0.2) is 18.5 Å². The van der Waals surface area contributed by atoms with Gasteiger partial charge in [0, 0.05) is 48.2 Å². The molecule has 3 aromatic heterocycles. The first-order valence-electron chi connectivity index (χ1n) is 15.0. The molecule has 1 atom stereocenters. The molecule has 1 aliphatic rings. The Morgan fingerprint density at radius 3 is 2.81 bits per heavy atom. The molecule has 1 unspecified atom stereocenters. The molecule has 0 aliphatic carbocycles. The van der Waals surface area contributed by atoms with Gasteiger partial charge >= 0.3 is 6.01 Å². The molecule has 0 saturated carbocycles. The Morgan fingerprint density at radius 1 is 1.21 bits per heavy atom. The van der Waals surface area contributed by atoms with Gasteiger partial charge < -0.3 is 19.3 Å². The fourth-order valence-electron chi connectivity index (χ4n) is 5.80. The van der Waals surface area contributed by atoms with Gasteiger partial charge in [0.05, 0.1) is 23.7 Å². The number of carbonyl (C=O) groups is 1. The minimum Gasteiger partial charge on any atom is -0.468 e. The molecule has 4 aromatic rings. The molecule has 1 aromatic carbocycles. The Kier molecular flexibility index (Phi) is 10.2. The number of carbonyl (C=O) groups excluding carboxylic acids is 1. The third kappa shape index (κ3) is 6.83. The summed E-state index contributed by atoms with van der Waals surface area (Å²) in [4.78, 5) is 29.1. The minimum absolute atomic E-state index is 0.0795. The van der Waals surface area contributed by atoms with E-state index in [0.717, 1.165) is 38.8 Å². The van der Waals surface area contributed by atoms with Crippen molar-refractivity contribution in [1.82, 2.24) is 30.0 Å². The fraction of sp³-hybridized carbons (Fsp3) is 0.516. The maximum atomic E-state index is 16.7. The van der Waals surface area contributed by atoms with E-state index in [-0.39, 0.29) is 36.3 Å². The highest BCUT2D eigenvalue weighted by molar-refractivity contribution is 6.33. The first-order valence-corrected chi connectivity index (χ1v) is 15.4. The van der Waals surface area contributed by atoms with E-state index in [9.17, 15) is 4.79 Å². The third-order valence-corrected chi connectivity index (χ3v) is 8.59. The molecule has 0 radical (unpaired) electrons. The number of pyridine rings is 1. The fourth-order valence-corrected chi connectivity index (χ4v) is 6.09. The summed E-state index contributed by atoms with van der Waals surface area (Å²) in [5.41, 5.74) is 1.91. The molecular formula is C31H39ClFN7O3. The van der Waals surface area contributed by atoms with E-state index in [1.165, 1.54) is 19.3 Å². The Hall–Kier alpha value is -3.57. The number of halogens is 2. The van der Waals surface area contributed by atoms with Gasteiger partial charge in [0.25, 0.3) is 6.47 Å². The lowest BCUT2D eigenvalue weighted by Gasteiger charge is -2.22. The largest absolute Gasteiger partial charge is 0.468 e. The van der Waals surface area contributed by atoms with Crippen LogP contribution in [0.3, 0.4) is 0 Å². The zero-order valence-corrected chi connectivity index (χ0v) is 25.8. The van der Waals surface area contributed by atoms with Crippen LogP contribution < -0.4 is 9.64 Å². The van der Waals surface area contributed by atoms with Crippen LogP contribution in [0.4, 0.5) is 10.2 Å². The first kappa shape index (κ1) is 30.9. The van der Waals surface area contributed by atoms with Gasteiger partial charge in [0.1, 0.15) is 23.6 Å². The average Bonchev–Trinajstić information content (AvgIpc) is 3.64. The number of H-pyrrole nitrogens is 1. The minimum atomic E-state index is -0.609. The second-order valence-electron chi connectivity index (χ2n) is 11.2. The Morgan fingerprint density at radius 2 is 2.05 bits per heavy atom. The Balaban J connectivity index is 1.58. The van der Waals surface area contributed by atoms with Crippen LogP contribution in [0.2, 0.25) is 5.02 Å². The van der Waals surface area contributed by atoms with Crippen molar-refractivity contribution < 1.29 is 18.7 Å². The van der Waals surface area contributed by atoms with Gasteiger partial charge in [-0.1, -0.05) is 44.2 Å². The summed E-state index contributed by atoms with van der Waals surface area (Å²) in [6, 6.07) is 2.12. The quantitative estimate of drug-likeness (QED) is 0.129. The summed E-state index contributed by atoms with van der Waals surface area (Å²) in [6.07, 6.45) is 11.3. The molecule has 0 spiro atoms. The molecule has 5 rings (SSSR count). The monoisotopic (exact) mass is 611 g/mol. The molecule has 1 aliphatic heterocycles. The SMILES string of the molecule is CCCCCCCN(C)c1nc(OCC2CCCN2C)nc2c(F)c(-c3c(CCOC=O)c(Cl)cc4[nH]ncc34)ncc12. The molecule has 1 saturated heterocycles. The highest BCUT2D eigenvalue weighted by atomic mass is 35.5. The zero-order chi connectivity index (χ0) is 30.3. The molecule has 1 fully saturated rings. The van der Waals surface area contributed by atoms with Gasteiger partial charge in [-0.25, -0.2) is 4.39 Å². The van der Waals surface area contributed by atoms with Crippen molar-refractivity contribution in [2.24, 2.45) is 0 Å². The maximum absolute atomic E-state index is 16.7. The lowest BCUT2D eigenvalue weighted by Crippen LogP contribution is -2.31. The smallest absolute Gasteiger partial charge is 0.319 e. The molecular weight excluding hydrogens is 573 g/mol. The second-order valence-corrected chi connectivity index (χ2v) is 11.6. The van der Waals surface area contributed by atoms with E-state index >= 15 is 4.39 Å². The summed E-state index contributed by atoms with van der Waals surface area (Å²) in [7, 11) is 4.04. The molecule has 4 heterocycles. The molecule has 12 heteroatoms. The van der Waals surface area contributed by atoms with E-state index in [4.69, 9.17) is 26.1 Å². The van der Waals surface area contributed by atoms with Gasteiger partial charge in [-0.3, -0.25) is 14.9 Å². The number of anilines is 1. The van der Waals surface area contributed by atoms with Gasteiger partial charge in [-0.05, 0) is 44.5 Å². The van der Waals surface area contributed by atoms with Crippen LogP contribution >= 0.6 is 11.6 Å². The highest BCUT2D eigenvalue weighted by Gasteiger charge is 2.26. The van der Waals surface area contributed by atoms with Crippen molar-refractivity contribution in [3.05, 3.63) is 34.9 Å². The van der Waals surface area contributed by atoms with E-state index in [1.807, 2.05) is 11.9 Å². The Bertz CT molecular complexity index is 1570. The van der Waals surface area contributed by atoms with Crippen LogP contribution in [0.1, 0.15) is 57.4 Å². The van der Waals surface area contributed by atoms with Crippen molar-refractivity contribution in [1.29, 1.82) is 0 Å². The van der Waals surface area contributed by atoms with Crippen molar-refractivity contribution in [2.45, 2.75) is 64.3 Å². The standard InChI is InChI=1S/C31H39ClFN7O3/c1-4-5-6-7-8-12-40(3)30-23-16-34-29(26-21(11-14-42-19-41)24(32)15-25-22(26)17-35-38-25)27(33)28(23)36-31(37-30)43-18-20-10-9-13-39(20)2/h15-17,19-20H,4-14,18H2,1-3H3,(H,35,38). The predicted octanol–water partition coefficient (Wildman–Crippen LogP) is 5.96. The number of rotatable bonds is 15. The number of likely N-dealkylation sites (tertiary alicyclic amines) is 1. The molecule has 0 amide bonds. The summed E-state index contributed by atoms with van der Waals surface area (Å²) in [6.45, 7) is 4.86. The third-order valence-electron chi connectivity index (χ3n) is 8.25. The molecule has 0 bridgehead atoms. The number of likely N-dealkylation sites (N-methyl/N-ethyl adjacent to an activating group) is 1. The van der Waals surface area contributed by atoms with Crippen LogP contribution in [0.5, 0.6) is 6.01 Å². The first-order chi connectivity index (χ1) is 20.9. The number of nitrogens with one attached hydrogen (secondary N) is 1. The number of fused-ring (bicyclic) bond motifs is 2. The zero-order valence-electron chi connectivity index (χ0n) is 25.0. The molecule has 10 nitrogen and oxygen atoms in total. The highest BCUT2D eigenvalue weighted by Crippen LogP contribution is 2.39. The summed E-state index contributed by atoms with van der Waals surface area (Å²) < 4.78 is 27.8. The number of aromatic nitrogens is 5. The number of benzene rings is 1. The van der Waals surface area contributed by atoms with Crippen LogP contribution in [0, 0.1) is 5.82 Å². The van der Waals surface area contributed by atoms with Gasteiger partial charge in [-0.15, -0.1) is 0 Å². The number of ether oxygens (including phenoxy) is 2. The van der Waals surface area contributed by atoms with Crippen LogP contribution in [-0.4, -0.2) is 83.0 Å². The topological polar surface area (TPSA) is 109 Å². The average molecular weight is 612 g/mol. The maximum Gasteiger partial charge on any atom is 0.319 e. The normalized spacial score (nSPS) is 15.4. The van der Waals surface area contributed by atoms with Crippen LogP contribution in [0.25, 0.3) is 33.1 Å². The summed E-state index contributed by atoms with van der Waals surface area (Å²) >= 11 is 6.65. The summed E-state index contributed by atoms with van der Waals surface area (Å²) in [5, 5.41) is 8.59. The van der Waals surface area contributed by atoms with E-state index in [1.54, 1.807) is 18.5 Å². The summed E-state index contributed by atoms with van der Waals surface area (Å²) in [5.74, 6) is -0.0324. The van der Waals surface area contributed by atoms with Gasteiger partial charge in [0.15, 0.2) is 5.82 Å². The van der Waals surface area contributed by atoms with Crippen molar-refractivity contribution in [2.75, 3.05) is 45.3 Å². The van der Waals surface area contributed by atoms with E-state index in [0.29, 0.717) is 51.3 Å². The molecule has 43 heavy (non-hydrogen) atoms. The Labute approximate surface area is 255 Å². The van der Waals surface area contributed by atoms with Gasteiger partial charge in [-0.2, -0.15) is 15.1 Å². The van der Waals surface area contributed by atoms with E-state index in [2.05, 4.69) is 39.0 Å². The van der Waals surface area contributed by atoms with Crippen molar-refractivity contribution in [3.63, 3.8) is 0 Å². The number of hydrogen-bond donors (Lipinski definition) is 1. The lowest BCUT2D eigenvalue weighted by molar-refractivity contribution is -0.128. The predicted molar refractivity (Wildman–Crippen MR) is 166 cm³/mol. The number of unbranched alkanes of at least 4 members (excludes halogenated alkanes) is 4. The van der Waals surface area contributed by atoms with Crippen LogP contribution in [-0.2, 0) is 16.0 Å². The number of hydrogen-bond acceptors (Lipinski definition) is 9. The number of aromatic amines is 1. The lowest BCUT2D eigenvalue weighted by atomic mass is 9.96. The second kappa shape index (κ2) is 14.3. The van der Waals surface area contributed by atoms with Crippen molar-refractivity contribution in [3.8, 4) is 17.3 Å². The van der Waals surface area contributed by atoms with Gasteiger partial charge in [0.2, 0.25) is 0 Å².